The Balaban J connectivity index is 1.79. The molecule has 0 saturated carbocycles. The molecule has 1 aromatic heterocycles. The number of anilines is 1. The van der Waals surface area contributed by atoms with Crippen molar-refractivity contribution in [1.82, 2.24) is 15.5 Å². The number of rotatable bonds is 4. The Bertz CT molecular complexity index is 318. The van der Waals surface area contributed by atoms with Crippen LogP contribution in [-0.2, 0) is 0 Å². The standard InChI is InChI=1S/C11H20N4O/c1-8(2)10-14-11(16-15-10)13-7-9-5-3-4-6-12-9/h8-9,12H,3-7H2,1-2H3,(H,13,14,15). The van der Waals surface area contributed by atoms with E-state index in [1.807, 2.05) is 0 Å². The van der Waals surface area contributed by atoms with Gasteiger partial charge in [0.1, 0.15) is 0 Å². The molecule has 0 bridgehead atoms. The molecule has 2 N–H and O–H groups in total. The smallest absolute Gasteiger partial charge is 0.321 e. The molecule has 90 valence electrons. The van der Waals surface area contributed by atoms with E-state index in [1.54, 1.807) is 0 Å². The molecule has 16 heavy (non-hydrogen) atoms. The van der Waals surface area contributed by atoms with Crippen LogP contribution in [0.25, 0.3) is 0 Å². The monoisotopic (exact) mass is 224 g/mol. The van der Waals surface area contributed by atoms with Crippen molar-refractivity contribution in [2.45, 2.75) is 45.1 Å². The molecular weight excluding hydrogens is 204 g/mol. The van der Waals surface area contributed by atoms with Crippen LogP contribution in [0.15, 0.2) is 4.52 Å². The summed E-state index contributed by atoms with van der Waals surface area (Å²) < 4.78 is 5.12. The number of piperidine rings is 1. The number of hydrogen-bond acceptors (Lipinski definition) is 5. The molecule has 0 spiro atoms. The Labute approximate surface area is 96.0 Å². The second-order valence-electron chi connectivity index (χ2n) is 4.64. The van der Waals surface area contributed by atoms with Gasteiger partial charge in [-0.1, -0.05) is 25.4 Å². The lowest BCUT2D eigenvalue weighted by atomic mass is 10.1. The summed E-state index contributed by atoms with van der Waals surface area (Å²) in [7, 11) is 0. The molecule has 0 aliphatic carbocycles. The molecule has 2 heterocycles. The van der Waals surface area contributed by atoms with E-state index in [2.05, 4.69) is 34.6 Å². The third kappa shape index (κ3) is 2.95. The maximum Gasteiger partial charge on any atom is 0.321 e. The van der Waals surface area contributed by atoms with Crippen LogP contribution in [0.5, 0.6) is 0 Å². The minimum Gasteiger partial charge on any atom is -0.336 e. The largest absolute Gasteiger partial charge is 0.336 e. The van der Waals surface area contributed by atoms with Gasteiger partial charge >= 0.3 is 6.01 Å². The SMILES string of the molecule is CC(C)c1noc(NCC2CCCCN2)n1. The first-order valence-corrected chi connectivity index (χ1v) is 6.06. The quantitative estimate of drug-likeness (QED) is 0.815. The third-order valence-corrected chi connectivity index (χ3v) is 2.87. The highest BCUT2D eigenvalue weighted by Gasteiger charge is 2.14. The first-order chi connectivity index (χ1) is 7.75. The summed E-state index contributed by atoms with van der Waals surface area (Å²) in [5.41, 5.74) is 0. The summed E-state index contributed by atoms with van der Waals surface area (Å²) >= 11 is 0. The number of nitrogens with one attached hydrogen (secondary N) is 2. The van der Waals surface area contributed by atoms with Gasteiger partial charge in [-0.3, -0.25) is 0 Å². The van der Waals surface area contributed by atoms with Crippen molar-refractivity contribution in [2.75, 3.05) is 18.4 Å². The molecular formula is C11H20N4O. The summed E-state index contributed by atoms with van der Waals surface area (Å²) in [6.45, 7) is 6.09. The van der Waals surface area contributed by atoms with Crippen molar-refractivity contribution in [1.29, 1.82) is 0 Å². The average Bonchev–Trinajstić information content (AvgIpc) is 2.76. The zero-order valence-electron chi connectivity index (χ0n) is 9.99. The number of aromatic nitrogens is 2. The molecule has 0 amide bonds. The highest BCUT2D eigenvalue weighted by atomic mass is 16.5. The topological polar surface area (TPSA) is 63.0 Å². The van der Waals surface area contributed by atoms with E-state index in [0.717, 1.165) is 18.9 Å². The lowest BCUT2D eigenvalue weighted by molar-refractivity contribution is 0.396. The normalized spacial score (nSPS) is 21.3. The van der Waals surface area contributed by atoms with Crippen molar-refractivity contribution >= 4 is 6.01 Å². The maximum absolute atomic E-state index is 5.12. The van der Waals surface area contributed by atoms with E-state index in [-0.39, 0.29) is 0 Å². The first kappa shape index (κ1) is 11.4. The minimum atomic E-state index is 0.312. The molecule has 1 atom stereocenters. The third-order valence-electron chi connectivity index (χ3n) is 2.87. The van der Waals surface area contributed by atoms with Gasteiger partial charge in [-0.05, 0) is 19.4 Å². The highest BCUT2D eigenvalue weighted by Crippen LogP contribution is 2.13. The van der Waals surface area contributed by atoms with E-state index in [1.165, 1.54) is 19.3 Å². The molecule has 1 fully saturated rings. The van der Waals surface area contributed by atoms with Gasteiger partial charge in [-0.2, -0.15) is 4.98 Å². The van der Waals surface area contributed by atoms with Gasteiger partial charge in [0.05, 0.1) is 0 Å². The lowest BCUT2D eigenvalue weighted by Gasteiger charge is -2.22. The van der Waals surface area contributed by atoms with E-state index < -0.39 is 0 Å². The first-order valence-electron chi connectivity index (χ1n) is 6.06. The van der Waals surface area contributed by atoms with Gasteiger partial charge in [0.25, 0.3) is 0 Å². The fourth-order valence-electron chi connectivity index (χ4n) is 1.85. The van der Waals surface area contributed by atoms with Crippen LogP contribution in [-0.4, -0.2) is 29.3 Å². The van der Waals surface area contributed by atoms with Crippen LogP contribution in [0, 0.1) is 0 Å². The average molecular weight is 224 g/mol. The summed E-state index contributed by atoms with van der Waals surface area (Å²) in [6.07, 6.45) is 3.81. The molecule has 1 saturated heterocycles. The van der Waals surface area contributed by atoms with Gasteiger partial charge in [0, 0.05) is 18.5 Å². The molecule has 1 aromatic rings. The van der Waals surface area contributed by atoms with Crippen LogP contribution in [0.3, 0.4) is 0 Å². The molecule has 1 unspecified atom stereocenters. The Morgan fingerprint density at radius 1 is 1.50 bits per heavy atom. The van der Waals surface area contributed by atoms with Crippen molar-refractivity contribution in [3.8, 4) is 0 Å². The molecule has 0 radical (unpaired) electrons. The minimum absolute atomic E-state index is 0.312. The predicted molar refractivity (Wildman–Crippen MR) is 62.5 cm³/mol. The van der Waals surface area contributed by atoms with E-state index in [0.29, 0.717) is 18.0 Å². The zero-order valence-corrected chi connectivity index (χ0v) is 9.99. The fraction of sp³-hybridized carbons (Fsp3) is 0.818. The van der Waals surface area contributed by atoms with Crippen LogP contribution in [0.4, 0.5) is 6.01 Å². The van der Waals surface area contributed by atoms with Crippen LogP contribution in [0.1, 0.15) is 44.9 Å². The number of hydrogen-bond donors (Lipinski definition) is 2. The Morgan fingerprint density at radius 3 is 3.00 bits per heavy atom. The van der Waals surface area contributed by atoms with Gasteiger partial charge in [0.15, 0.2) is 5.82 Å². The summed E-state index contributed by atoms with van der Waals surface area (Å²) in [4.78, 5) is 4.28. The molecule has 1 aliphatic heterocycles. The van der Waals surface area contributed by atoms with Crippen molar-refractivity contribution in [3.05, 3.63) is 5.82 Å². The summed E-state index contributed by atoms with van der Waals surface area (Å²) in [6, 6.07) is 1.07. The van der Waals surface area contributed by atoms with Gasteiger partial charge in [-0.25, -0.2) is 0 Å². The molecule has 5 nitrogen and oxygen atoms in total. The highest BCUT2D eigenvalue weighted by molar-refractivity contribution is 5.19. The van der Waals surface area contributed by atoms with Gasteiger partial charge in [0.2, 0.25) is 0 Å². The van der Waals surface area contributed by atoms with E-state index in [9.17, 15) is 0 Å². The van der Waals surface area contributed by atoms with Crippen LogP contribution in [0.2, 0.25) is 0 Å². The van der Waals surface area contributed by atoms with Crippen LogP contribution >= 0.6 is 0 Å². The molecule has 5 heteroatoms. The summed E-state index contributed by atoms with van der Waals surface area (Å²) in [5, 5.41) is 10.6. The zero-order chi connectivity index (χ0) is 11.4. The second kappa shape index (κ2) is 5.30. The maximum atomic E-state index is 5.12. The molecule has 1 aliphatic rings. The van der Waals surface area contributed by atoms with E-state index >= 15 is 0 Å². The fourth-order valence-corrected chi connectivity index (χ4v) is 1.85. The summed E-state index contributed by atoms with van der Waals surface area (Å²) in [5.74, 6) is 1.08. The van der Waals surface area contributed by atoms with Crippen molar-refractivity contribution < 1.29 is 4.52 Å². The van der Waals surface area contributed by atoms with Gasteiger partial charge < -0.3 is 15.2 Å². The Kier molecular flexibility index (Phi) is 3.77. The predicted octanol–water partition coefficient (Wildman–Crippen LogP) is 1.75. The Morgan fingerprint density at radius 2 is 2.38 bits per heavy atom. The second-order valence-corrected chi connectivity index (χ2v) is 4.64. The van der Waals surface area contributed by atoms with Gasteiger partial charge in [-0.15, -0.1) is 0 Å². The van der Waals surface area contributed by atoms with E-state index in [4.69, 9.17) is 4.52 Å². The van der Waals surface area contributed by atoms with Crippen molar-refractivity contribution in [3.63, 3.8) is 0 Å². The van der Waals surface area contributed by atoms with Crippen LogP contribution < -0.4 is 10.6 Å². The Hall–Kier alpha value is -1.10. The number of nitrogens with zero attached hydrogens (tertiary/aromatic N) is 2. The lowest BCUT2D eigenvalue weighted by Crippen LogP contribution is -2.39. The molecule has 2 rings (SSSR count). The molecule has 0 aromatic carbocycles. The van der Waals surface area contributed by atoms with Crippen molar-refractivity contribution in [2.24, 2.45) is 0 Å².